The van der Waals surface area contributed by atoms with E-state index in [0.29, 0.717) is 5.69 Å². The van der Waals surface area contributed by atoms with Crippen molar-refractivity contribution in [2.45, 2.75) is 51.4 Å². The van der Waals surface area contributed by atoms with Crippen molar-refractivity contribution in [1.29, 1.82) is 0 Å². The molecule has 2 amide bonds. The zero-order valence-corrected chi connectivity index (χ0v) is 15.4. The van der Waals surface area contributed by atoms with Crippen LogP contribution in [0.25, 0.3) is 0 Å². The third-order valence-electron chi connectivity index (χ3n) is 5.92. The standard InChI is InChI=1S/C21H24N4O2/c26-20(19-16-5-1-2-6-17(16)23-24-19)22-15-9-10-18-14(12-15)4-3-11-25(18)21(27)13-7-8-13/h9-10,12-13H,1-8,11H2,(H,22,26)(H,23,24). The number of aryl methyl sites for hydroxylation is 2. The van der Waals surface area contributed by atoms with Crippen molar-refractivity contribution < 1.29 is 9.59 Å². The summed E-state index contributed by atoms with van der Waals surface area (Å²) in [6.07, 6.45) is 8.09. The molecule has 0 unspecified atom stereocenters. The van der Waals surface area contributed by atoms with Crippen molar-refractivity contribution in [3.05, 3.63) is 40.7 Å². The van der Waals surface area contributed by atoms with Crippen LogP contribution in [-0.2, 0) is 24.1 Å². The molecule has 2 aromatic rings. The minimum atomic E-state index is -0.156. The molecule has 1 fully saturated rings. The topological polar surface area (TPSA) is 78.1 Å². The van der Waals surface area contributed by atoms with Gasteiger partial charge in [-0.2, -0.15) is 5.10 Å². The number of hydrogen-bond donors (Lipinski definition) is 2. The Labute approximate surface area is 158 Å². The molecule has 6 heteroatoms. The second-order valence-electron chi connectivity index (χ2n) is 7.90. The first-order valence-electron chi connectivity index (χ1n) is 10.0. The van der Waals surface area contributed by atoms with Crippen LogP contribution in [-0.4, -0.2) is 28.6 Å². The molecule has 0 spiro atoms. The quantitative estimate of drug-likeness (QED) is 0.878. The number of rotatable bonds is 3. The number of amides is 2. The van der Waals surface area contributed by atoms with Crippen molar-refractivity contribution in [1.82, 2.24) is 10.2 Å². The molecule has 27 heavy (non-hydrogen) atoms. The molecule has 0 radical (unpaired) electrons. The third kappa shape index (κ3) is 3.03. The number of nitrogens with zero attached hydrogens (tertiary/aromatic N) is 2. The van der Waals surface area contributed by atoms with Crippen LogP contribution in [0.2, 0.25) is 0 Å². The van der Waals surface area contributed by atoms with Gasteiger partial charge in [-0.25, -0.2) is 0 Å². The molecular formula is C21H24N4O2. The number of fused-ring (bicyclic) bond motifs is 2. The Balaban J connectivity index is 1.36. The van der Waals surface area contributed by atoms with E-state index in [4.69, 9.17) is 0 Å². The first kappa shape index (κ1) is 16.5. The summed E-state index contributed by atoms with van der Waals surface area (Å²) in [4.78, 5) is 27.2. The first-order chi connectivity index (χ1) is 13.2. The fourth-order valence-corrected chi connectivity index (χ4v) is 4.31. The van der Waals surface area contributed by atoms with Gasteiger partial charge in [-0.15, -0.1) is 0 Å². The fraction of sp³-hybridized carbons (Fsp3) is 0.476. The normalized spacial score (nSPS) is 18.6. The lowest BCUT2D eigenvalue weighted by molar-refractivity contribution is -0.119. The van der Waals surface area contributed by atoms with Crippen LogP contribution >= 0.6 is 0 Å². The molecule has 0 saturated heterocycles. The van der Waals surface area contributed by atoms with Crippen molar-refractivity contribution in [2.24, 2.45) is 5.92 Å². The Morgan fingerprint density at radius 2 is 1.96 bits per heavy atom. The van der Waals surface area contributed by atoms with E-state index in [1.165, 1.54) is 0 Å². The maximum atomic E-state index is 12.7. The third-order valence-corrected chi connectivity index (χ3v) is 5.92. The number of nitrogens with one attached hydrogen (secondary N) is 2. The Morgan fingerprint density at radius 1 is 1.11 bits per heavy atom. The molecule has 1 saturated carbocycles. The highest BCUT2D eigenvalue weighted by Gasteiger charge is 2.35. The van der Waals surface area contributed by atoms with Crippen LogP contribution in [0.15, 0.2) is 18.2 Å². The monoisotopic (exact) mass is 364 g/mol. The first-order valence-corrected chi connectivity index (χ1v) is 10.0. The van der Waals surface area contributed by atoms with Gasteiger partial charge in [0.15, 0.2) is 5.69 Å². The molecule has 1 aliphatic heterocycles. The van der Waals surface area contributed by atoms with Crippen molar-refractivity contribution in [3.63, 3.8) is 0 Å². The van der Waals surface area contributed by atoms with Gasteiger partial charge in [0.05, 0.1) is 0 Å². The van der Waals surface area contributed by atoms with Gasteiger partial charge in [0.2, 0.25) is 5.91 Å². The zero-order valence-electron chi connectivity index (χ0n) is 15.4. The van der Waals surface area contributed by atoms with Crippen LogP contribution in [0.1, 0.15) is 59.4 Å². The smallest absolute Gasteiger partial charge is 0.276 e. The highest BCUT2D eigenvalue weighted by atomic mass is 16.2. The number of H-pyrrole nitrogens is 1. The van der Waals surface area contributed by atoms with E-state index in [2.05, 4.69) is 15.5 Å². The molecule has 2 heterocycles. The van der Waals surface area contributed by atoms with Gasteiger partial charge in [-0.1, -0.05) is 0 Å². The number of carbonyl (C=O) groups excluding carboxylic acids is 2. The summed E-state index contributed by atoms with van der Waals surface area (Å²) in [5.74, 6) is 0.327. The largest absolute Gasteiger partial charge is 0.321 e. The lowest BCUT2D eigenvalue weighted by Crippen LogP contribution is -2.36. The maximum absolute atomic E-state index is 12.7. The van der Waals surface area contributed by atoms with Gasteiger partial charge < -0.3 is 10.2 Å². The van der Waals surface area contributed by atoms with E-state index in [1.54, 1.807) is 0 Å². The molecule has 2 N–H and O–H groups in total. The summed E-state index contributed by atoms with van der Waals surface area (Å²) in [5, 5.41) is 10.3. The number of hydrogen-bond acceptors (Lipinski definition) is 3. The Kier molecular flexibility index (Phi) is 3.99. The van der Waals surface area contributed by atoms with Crippen LogP contribution < -0.4 is 10.2 Å². The van der Waals surface area contributed by atoms with Crippen LogP contribution in [0.3, 0.4) is 0 Å². The van der Waals surface area contributed by atoms with E-state index in [-0.39, 0.29) is 17.7 Å². The van der Waals surface area contributed by atoms with Gasteiger partial charge in [0.1, 0.15) is 0 Å². The number of aromatic amines is 1. The SMILES string of the molecule is O=C(Nc1ccc2c(c1)CCCN2C(=O)C1CC1)c1n[nH]c2c1CCCC2. The predicted molar refractivity (Wildman–Crippen MR) is 103 cm³/mol. The van der Waals surface area contributed by atoms with E-state index in [9.17, 15) is 9.59 Å². The minimum absolute atomic E-state index is 0.156. The van der Waals surface area contributed by atoms with E-state index >= 15 is 0 Å². The average Bonchev–Trinajstić information content (AvgIpc) is 3.45. The number of benzene rings is 1. The molecule has 0 atom stereocenters. The van der Waals surface area contributed by atoms with Crippen LogP contribution in [0, 0.1) is 5.92 Å². The molecule has 2 aliphatic carbocycles. The number of anilines is 2. The number of carbonyl (C=O) groups is 2. The summed E-state index contributed by atoms with van der Waals surface area (Å²) in [6.45, 7) is 0.799. The molecule has 6 nitrogen and oxygen atoms in total. The highest BCUT2D eigenvalue weighted by Crippen LogP contribution is 2.36. The predicted octanol–water partition coefficient (Wildman–Crippen LogP) is 3.23. The van der Waals surface area contributed by atoms with E-state index in [0.717, 1.165) is 86.1 Å². The molecular weight excluding hydrogens is 340 g/mol. The second kappa shape index (κ2) is 6.51. The molecule has 0 bridgehead atoms. The molecule has 1 aromatic carbocycles. The van der Waals surface area contributed by atoms with E-state index < -0.39 is 0 Å². The summed E-state index contributed by atoms with van der Waals surface area (Å²) >= 11 is 0. The maximum Gasteiger partial charge on any atom is 0.276 e. The Morgan fingerprint density at radius 3 is 2.81 bits per heavy atom. The Hall–Kier alpha value is -2.63. The lowest BCUT2D eigenvalue weighted by atomic mass is 9.95. The van der Waals surface area contributed by atoms with Crippen molar-refractivity contribution >= 4 is 23.2 Å². The van der Waals surface area contributed by atoms with Crippen LogP contribution in [0.4, 0.5) is 11.4 Å². The summed E-state index contributed by atoms with van der Waals surface area (Å²) in [7, 11) is 0. The number of aromatic nitrogens is 2. The summed E-state index contributed by atoms with van der Waals surface area (Å²) in [5.41, 5.74) is 5.61. The minimum Gasteiger partial charge on any atom is -0.321 e. The molecule has 140 valence electrons. The summed E-state index contributed by atoms with van der Waals surface area (Å²) in [6, 6.07) is 5.89. The van der Waals surface area contributed by atoms with Gasteiger partial charge in [0, 0.05) is 35.1 Å². The fourth-order valence-electron chi connectivity index (χ4n) is 4.31. The van der Waals surface area contributed by atoms with E-state index in [1.807, 2.05) is 23.1 Å². The highest BCUT2D eigenvalue weighted by molar-refractivity contribution is 6.04. The zero-order chi connectivity index (χ0) is 18.4. The van der Waals surface area contributed by atoms with Gasteiger partial charge in [0.25, 0.3) is 5.91 Å². The Bertz CT molecular complexity index is 913. The van der Waals surface area contributed by atoms with Gasteiger partial charge >= 0.3 is 0 Å². The second-order valence-corrected chi connectivity index (χ2v) is 7.90. The average molecular weight is 364 g/mol. The van der Waals surface area contributed by atoms with Gasteiger partial charge in [-0.3, -0.25) is 14.7 Å². The van der Waals surface area contributed by atoms with Crippen LogP contribution in [0.5, 0.6) is 0 Å². The van der Waals surface area contributed by atoms with Crippen molar-refractivity contribution in [3.8, 4) is 0 Å². The molecule has 5 rings (SSSR count). The molecule has 1 aromatic heterocycles. The van der Waals surface area contributed by atoms with Gasteiger partial charge in [-0.05, 0) is 75.1 Å². The lowest BCUT2D eigenvalue weighted by Gasteiger charge is -2.30. The summed E-state index contributed by atoms with van der Waals surface area (Å²) < 4.78 is 0. The molecule has 3 aliphatic rings. The van der Waals surface area contributed by atoms with Crippen molar-refractivity contribution in [2.75, 3.05) is 16.8 Å².